The Balaban J connectivity index is 1.63. The molecule has 3 aromatic rings. The second-order valence-electron chi connectivity index (χ2n) is 7.96. The monoisotopic (exact) mass is 402 g/mol. The van der Waals surface area contributed by atoms with Crippen LogP contribution in [-0.2, 0) is 19.4 Å². The van der Waals surface area contributed by atoms with Crippen LogP contribution in [0.15, 0.2) is 36.7 Å². The molecule has 0 atom stereocenters. The summed E-state index contributed by atoms with van der Waals surface area (Å²) in [7, 11) is 0. The molecule has 0 radical (unpaired) electrons. The second kappa shape index (κ2) is 7.22. The molecule has 1 heterocycles. The number of hydrogen-bond donors (Lipinski definition) is 1. The summed E-state index contributed by atoms with van der Waals surface area (Å²) >= 11 is 0. The van der Waals surface area contributed by atoms with Gasteiger partial charge in [0.05, 0.1) is 18.3 Å². The fraction of sp³-hybridized carbons (Fsp3) is 0.318. The van der Waals surface area contributed by atoms with E-state index in [1.165, 1.54) is 23.0 Å². The highest BCUT2D eigenvalue weighted by atomic mass is 19.1. The van der Waals surface area contributed by atoms with Crippen molar-refractivity contribution in [3.05, 3.63) is 65.2 Å². The predicted molar refractivity (Wildman–Crippen MR) is 102 cm³/mol. The summed E-state index contributed by atoms with van der Waals surface area (Å²) in [4.78, 5) is 0. The maximum atomic E-state index is 14.7. The molecule has 1 N–H and O–H groups in total. The number of aromatic nitrogens is 2. The zero-order valence-corrected chi connectivity index (χ0v) is 16.2. The smallest absolute Gasteiger partial charge is 0.166 e. The van der Waals surface area contributed by atoms with Gasteiger partial charge in [-0.25, -0.2) is 13.2 Å². The molecule has 1 aliphatic rings. The first kappa shape index (κ1) is 19.5. The van der Waals surface area contributed by atoms with Crippen LogP contribution in [0.2, 0.25) is 0 Å². The van der Waals surface area contributed by atoms with Gasteiger partial charge in [0.15, 0.2) is 11.6 Å². The van der Waals surface area contributed by atoms with Crippen molar-refractivity contribution in [2.75, 3.05) is 0 Å². The molecule has 0 saturated heterocycles. The molecule has 0 aliphatic heterocycles. The van der Waals surface area contributed by atoms with Gasteiger partial charge in [-0.15, -0.1) is 0 Å². The molecule has 2 aromatic carbocycles. The van der Waals surface area contributed by atoms with Crippen LogP contribution in [0.4, 0.5) is 13.2 Å². The third kappa shape index (κ3) is 4.00. The Morgan fingerprint density at radius 2 is 1.79 bits per heavy atom. The molecule has 152 valence electrons. The van der Waals surface area contributed by atoms with Crippen molar-refractivity contribution in [2.45, 2.75) is 45.3 Å². The highest BCUT2D eigenvalue weighted by molar-refractivity contribution is 5.64. The molecule has 0 amide bonds. The molecule has 1 aliphatic carbocycles. The van der Waals surface area contributed by atoms with Crippen LogP contribution in [0.5, 0.6) is 11.5 Å². The predicted octanol–water partition coefficient (Wildman–Crippen LogP) is 5.02. The van der Waals surface area contributed by atoms with Gasteiger partial charge in [-0.05, 0) is 56.9 Å². The van der Waals surface area contributed by atoms with Gasteiger partial charge in [0.1, 0.15) is 17.4 Å². The van der Waals surface area contributed by atoms with E-state index in [0.717, 1.165) is 18.6 Å². The molecular formula is C22H21F3N2O2. The van der Waals surface area contributed by atoms with Crippen molar-refractivity contribution in [2.24, 2.45) is 0 Å². The topological polar surface area (TPSA) is 47.3 Å². The molecule has 0 bridgehead atoms. The van der Waals surface area contributed by atoms with E-state index >= 15 is 0 Å². The summed E-state index contributed by atoms with van der Waals surface area (Å²) in [6.07, 6.45) is 5.02. The molecule has 7 heteroatoms. The number of aliphatic hydroxyl groups is 1. The number of ether oxygens (including phenoxy) is 1. The van der Waals surface area contributed by atoms with Gasteiger partial charge >= 0.3 is 0 Å². The molecule has 0 saturated carbocycles. The minimum atomic E-state index is -0.986. The highest BCUT2D eigenvalue weighted by Crippen LogP contribution is 2.37. The van der Waals surface area contributed by atoms with Crippen molar-refractivity contribution in [1.82, 2.24) is 9.78 Å². The van der Waals surface area contributed by atoms with E-state index in [4.69, 9.17) is 4.74 Å². The summed E-state index contributed by atoms with van der Waals surface area (Å²) in [6, 6.07) is 4.78. The van der Waals surface area contributed by atoms with Crippen LogP contribution in [0.3, 0.4) is 0 Å². The fourth-order valence-corrected chi connectivity index (χ4v) is 3.66. The van der Waals surface area contributed by atoms with Crippen molar-refractivity contribution in [3.63, 3.8) is 0 Å². The average molecular weight is 402 g/mol. The Bertz CT molecular complexity index is 1070. The van der Waals surface area contributed by atoms with E-state index in [1.54, 1.807) is 20.0 Å². The lowest BCUT2D eigenvalue weighted by atomic mass is 10.1. The Kier molecular flexibility index (Phi) is 4.86. The average Bonchev–Trinajstić information content (AvgIpc) is 3.29. The minimum Gasteiger partial charge on any atom is -0.454 e. The Labute approximate surface area is 166 Å². The number of fused-ring (bicyclic) bond motifs is 1. The normalized spacial score (nSPS) is 13.6. The van der Waals surface area contributed by atoms with Gasteiger partial charge in [0.25, 0.3) is 0 Å². The van der Waals surface area contributed by atoms with Crippen molar-refractivity contribution >= 4 is 0 Å². The number of rotatable bonds is 5. The zero-order chi connectivity index (χ0) is 20.8. The first-order valence-corrected chi connectivity index (χ1v) is 9.43. The van der Waals surface area contributed by atoms with Crippen molar-refractivity contribution in [1.29, 1.82) is 0 Å². The van der Waals surface area contributed by atoms with Gasteiger partial charge in [0.2, 0.25) is 0 Å². The van der Waals surface area contributed by atoms with E-state index in [1.807, 2.05) is 0 Å². The lowest BCUT2D eigenvalue weighted by molar-refractivity contribution is 0.0577. The number of nitrogens with zero attached hydrogens (tertiary/aromatic N) is 2. The van der Waals surface area contributed by atoms with Crippen LogP contribution < -0.4 is 4.74 Å². The second-order valence-corrected chi connectivity index (χ2v) is 7.96. The summed E-state index contributed by atoms with van der Waals surface area (Å²) in [6.45, 7) is 3.48. The summed E-state index contributed by atoms with van der Waals surface area (Å²) < 4.78 is 50.4. The van der Waals surface area contributed by atoms with E-state index in [-0.39, 0.29) is 23.7 Å². The third-order valence-electron chi connectivity index (χ3n) is 4.92. The molecule has 0 spiro atoms. The largest absolute Gasteiger partial charge is 0.454 e. The quantitative estimate of drug-likeness (QED) is 0.652. The molecule has 0 fully saturated rings. The lowest BCUT2D eigenvalue weighted by Gasteiger charge is -2.16. The first-order valence-electron chi connectivity index (χ1n) is 9.43. The van der Waals surface area contributed by atoms with Crippen LogP contribution >= 0.6 is 0 Å². The van der Waals surface area contributed by atoms with Crippen LogP contribution in [-0.4, -0.2) is 20.5 Å². The van der Waals surface area contributed by atoms with E-state index in [9.17, 15) is 18.3 Å². The van der Waals surface area contributed by atoms with Crippen LogP contribution in [0, 0.1) is 17.5 Å². The molecule has 4 rings (SSSR count). The molecular weight excluding hydrogens is 381 g/mol. The maximum Gasteiger partial charge on any atom is 0.166 e. The number of hydrogen-bond acceptors (Lipinski definition) is 3. The Hall–Kier alpha value is -2.80. The van der Waals surface area contributed by atoms with Gasteiger partial charge in [0, 0.05) is 29.0 Å². The third-order valence-corrected chi connectivity index (χ3v) is 4.92. The maximum absolute atomic E-state index is 14.7. The summed E-state index contributed by atoms with van der Waals surface area (Å²) in [5.41, 5.74) is 0.738. The molecule has 4 nitrogen and oxygen atoms in total. The Morgan fingerprint density at radius 3 is 2.55 bits per heavy atom. The number of benzene rings is 2. The van der Waals surface area contributed by atoms with Gasteiger partial charge in [-0.2, -0.15) is 5.10 Å². The zero-order valence-electron chi connectivity index (χ0n) is 16.2. The highest BCUT2D eigenvalue weighted by Gasteiger charge is 2.22. The Morgan fingerprint density at radius 1 is 1.03 bits per heavy atom. The fourth-order valence-electron chi connectivity index (χ4n) is 3.66. The van der Waals surface area contributed by atoms with Crippen molar-refractivity contribution < 1.29 is 23.0 Å². The SMILES string of the molecule is CC(C)(O)Cn1cc(-c2cc(F)c(Oc3ccc(F)c4c3CCC4)cc2F)cn1. The molecule has 29 heavy (non-hydrogen) atoms. The standard InChI is InChI=1S/C22H21F3N2O2/c1-22(2,28)12-27-11-13(10-26-27)16-8-19(25)21(9-18(16)24)29-20-7-6-17(23)14-4-3-5-15(14)20/h6-11,28H,3-5,12H2,1-2H3. The van der Waals surface area contributed by atoms with Gasteiger partial charge < -0.3 is 9.84 Å². The van der Waals surface area contributed by atoms with Crippen LogP contribution in [0.25, 0.3) is 11.1 Å². The minimum absolute atomic E-state index is 0.0428. The first-order chi connectivity index (χ1) is 13.7. The lowest BCUT2D eigenvalue weighted by Crippen LogP contribution is -2.26. The van der Waals surface area contributed by atoms with E-state index < -0.39 is 17.2 Å². The van der Waals surface area contributed by atoms with E-state index in [2.05, 4.69) is 5.10 Å². The van der Waals surface area contributed by atoms with Gasteiger partial charge in [-0.1, -0.05) is 0 Å². The summed E-state index contributed by atoms with van der Waals surface area (Å²) in [5, 5.41) is 14.0. The summed E-state index contributed by atoms with van der Waals surface area (Å²) in [5.74, 6) is -1.59. The molecule has 0 unspecified atom stereocenters. The molecule has 1 aromatic heterocycles. The van der Waals surface area contributed by atoms with Crippen molar-refractivity contribution in [3.8, 4) is 22.6 Å². The van der Waals surface area contributed by atoms with E-state index in [0.29, 0.717) is 35.3 Å². The van der Waals surface area contributed by atoms with Gasteiger partial charge in [-0.3, -0.25) is 4.68 Å². The number of halogens is 3. The van der Waals surface area contributed by atoms with Crippen LogP contribution in [0.1, 0.15) is 31.4 Å².